The van der Waals surface area contributed by atoms with Crippen LogP contribution in [0, 0.1) is 0 Å². The number of aliphatic hydroxyl groups is 2. The van der Waals surface area contributed by atoms with Crippen LogP contribution < -0.4 is 11.1 Å². The number of nitrogens with zero attached hydrogens (tertiary/aromatic N) is 3. The first-order chi connectivity index (χ1) is 19.0. The summed E-state index contributed by atoms with van der Waals surface area (Å²) in [5, 5.41) is 22.6. The number of fused-ring (bicyclic) bond motifs is 1. The van der Waals surface area contributed by atoms with Gasteiger partial charge in [-0.15, -0.1) is 23.2 Å². The highest BCUT2D eigenvalue weighted by Gasteiger charge is 2.35. The van der Waals surface area contributed by atoms with Gasteiger partial charge in [0.2, 0.25) is 0 Å². The van der Waals surface area contributed by atoms with E-state index in [-0.39, 0.29) is 25.5 Å². The highest BCUT2D eigenvalue weighted by Crippen LogP contribution is 2.34. The summed E-state index contributed by atoms with van der Waals surface area (Å²) < 4.78 is 23.7. The molecule has 0 spiro atoms. The van der Waals surface area contributed by atoms with Crippen LogP contribution >= 0.6 is 23.2 Å². The Morgan fingerprint density at radius 2 is 1.90 bits per heavy atom. The van der Waals surface area contributed by atoms with Crippen LogP contribution in [0.5, 0.6) is 0 Å². The third-order valence-corrected chi connectivity index (χ3v) is 6.10. The number of hydrogen-bond donors (Lipinski definition) is 4. The second-order valence-electron chi connectivity index (χ2n) is 8.73. The molecule has 1 saturated heterocycles. The molecule has 3 heterocycles. The molecule has 2 aromatic rings. The quantitative estimate of drug-likeness (QED) is 0.168. The number of halogens is 2. The third-order valence-electron chi connectivity index (χ3n) is 5.83. The number of hydrogen-bond acceptors (Lipinski definition) is 10. The lowest BCUT2D eigenvalue weighted by atomic mass is 10.2. The minimum Gasteiger partial charge on any atom is -0.445 e. The van der Waals surface area contributed by atoms with E-state index in [0.29, 0.717) is 55.4 Å². The van der Waals surface area contributed by atoms with Gasteiger partial charge in [-0.05, 0) is 12.8 Å². The Balaban J connectivity index is 0.00000170. The van der Waals surface area contributed by atoms with Crippen molar-refractivity contribution in [3.63, 3.8) is 0 Å². The van der Waals surface area contributed by atoms with Gasteiger partial charge in [0, 0.05) is 43.1 Å². The van der Waals surface area contributed by atoms with Crippen molar-refractivity contribution in [2.75, 3.05) is 57.1 Å². The lowest BCUT2D eigenvalue weighted by Crippen LogP contribution is -2.28. The fourth-order valence-electron chi connectivity index (χ4n) is 3.96. The van der Waals surface area contributed by atoms with Gasteiger partial charge in [-0.3, -0.25) is 0 Å². The number of alkyl halides is 2. The van der Waals surface area contributed by atoms with Gasteiger partial charge in [0.25, 0.3) is 0 Å². The van der Waals surface area contributed by atoms with Gasteiger partial charge in [-0.1, -0.05) is 19.8 Å². The summed E-state index contributed by atoms with van der Waals surface area (Å²) in [5.41, 5.74) is 7.14. The zero-order chi connectivity index (χ0) is 28.5. The number of rotatable bonds is 16. The highest BCUT2D eigenvalue weighted by molar-refractivity contribution is 6.17. The molecule has 0 aliphatic carbocycles. The average Bonchev–Trinajstić information content (AvgIpc) is 3.49. The fraction of sp³-hybridized carbons (Fsp3) is 0.720. The second-order valence-corrected chi connectivity index (χ2v) is 9.64. The predicted molar refractivity (Wildman–Crippen MR) is 149 cm³/mol. The molecule has 0 bridgehead atoms. The van der Waals surface area contributed by atoms with Gasteiger partial charge < -0.3 is 44.8 Å². The second kappa shape index (κ2) is 19.2. The number of nitrogens with two attached hydrogens (primary N) is 1. The molecule has 2 aromatic heterocycles. The summed E-state index contributed by atoms with van der Waals surface area (Å²) in [4.78, 5) is 20.4. The molecule has 0 saturated carbocycles. The number of amides is 1. The molecule has 1 aliphatic heterocycles. The summed E-state index contributed by atoms with van der Waals surface area (Å²) in [6.07, 6.45) is 4.97. The Kier molecular flexibility index (Phi) is 16.4. The number of unbranched alkanes of at least 4 members (excludes halogenated alkanes) is 3. The monoisotopic (exact) mass is 593 g/mol. The zero-order valence-electron chi connectivity index (χ0n) is 22.4. The van der Waals surface area contributed by atoms with E-state index in [1.807, 2.05) is 6.92 Å². The number of aliphatic hydroxyl groups excluding tert-OH is 2. The number of carbonyl (C=O) groups excluding carboxylic acids is 1. The maximum absolute atomic E-state index is 12.1. The first-order valence-electron chi connectivity index (χ1n) is 13.2. The molecule has 14 heteroatoms. The van der Waals surface area contributed by atoms with E-state index in [1.54, 1.807) is 10.8 Å². The van der Waals surface area contributed by atoms with Crippen LogP contribution in [-0.4, -0.2) is 94.4 Å². The maximum atomic E-state index is 12.1. The predicted octanol–water partition coefficient (Wildman–Crippen LogP) is 2.96. The van der Waals surface area contributed by atoms with Gasteiger partial charge in [0.05, 0.1) is 37.9 Å². The SMILES string of the molecule is CCCl.Nc1ncnc2c1c(COC(=O)NCCOCCOCCCCCCCl)cn2C1CC(O)C(CO)O1. The molecule has 3 unspecified atom stereocenters. The molecule has 222 valence electrons. The van der Waals surface area contributed by atoms with Crippen LogP contribution in [0.25, 0.3) is 11.0 Å². The maximum Gasteiger partial charge on any atom is 0.407 e. The van der Waals surface area contributed by atoms with E-state index in [4.69, 9.17) is 47.9 Å². The van der Waals surface area contributed by atoms with Crippen LogP contribution in [0.2, 0.25) is 0 Å². The standard InChI is InChI=1S/C23H36ClN5O7.C2H5Cl/c24-5-3-1-2-4-7-33-9-10-34-8-6-26-23(32)35-14-16-12-29(19-11-17(31)18(13-30)36-19)22-20(16)21(25)27-15-28-22;1-2-3/h12,15,17-19,30-31H,1-11,13-14H2,(H,26,32)(H2,25,27,28);2H2,1H3. The lowest BCUT2D eigenvalue weighted by Gasteiger charge is -2.14. The van der Waals surface area contributed by atoms with E-state index in [9.17, 15) is 15.0 Å². The average molecular weight is 595 g/mol. The molecule has 3 atom stereocenters. The van der Waals surface area contributed by atoms with Crippen LogP contribution in [0.15, 0.2) is 12.5 Å². The Bertz CT molecular complexity index is 968. The van der Waals surface area contributed by atoms with Crippen LogP contribution in [-0.2, 0) is 25.6 Å². The lowest BCUT2D eigenvalue weighted by molar-refractivity contribution is -0.0431. The number of aromatic nitrogens is 3. The van der Waals surface area contributed by atoms with Crippen LogP contribution in [0.3, 0.4) is 0 Å². The Labute approximate surface area is 239 Å². The van der Waals surface area contributed by atoms with Crippen LogP contribution in [0.4, 0.5) is 10.6 Å². The summed E-state index contributed by atoms with van der Waals surface area (Å²) in [6.45, 7) is 3.82. The van der Waals surface area contributed by atoms with Gasteiger partial charge >= 0.3 is 6.09 Å². The summed E-state index contributed by atoms with van der Waals surface area (Å²) >= 11 is 10.6. The van der Waals surface area contributed by atoms with Crippen LogP contribution in [0.1, 0.15) is 50.8 Å². The molecule has 39 heavy (non-hydrogen) atoms. The molecule has 5 N–H and O–H groups in total. The first kappa shape index (κ1) is 33.3. The van der Waals surface area contributed by atoms with Gasteiger partial charge in [0.1, 0.15) is 36.7 Å². The van der Waals surface area contributed by atoms with E-state index >= 15 is 0 Å². The van der Waals surface area contributed by atoms with Gasteiger partial charge in [-0.2, -0.15) is 0 Å². The Morgan fingerprint density at radius 3 is 2.59 bits per heavy atom. The van der Waals surface area contributed by atoms with Crippen molar-refractivity contribution in [1.82, 2.24) is 19.9 Å². The summed E-state index contributed by atoms with van der Waals surface area (Å²) in [7, 11) is 0. The number of carbonyl (C=O) groups is 1. The largest absolute Gasteiger partial charge is 0.445 e. The van der Waals surface area contributed by atoms with Gasteiger partial charge in [-0.25, -0.2) is 14.8 Å². The number of ether oxygens (including phenoxy) is 4. The number of nitrogens with one attached hydrogen (secondary N) is 1. The van der Waals surface area contributed by atoms with E-state index < -0.39 is 24.5 Å². The van der Waals surface area contributed by atoms with Crippen molar-refractivity contribution >= 4 is 46.1 Å². The molecule has 0 aromatic carbocycles. The minimum atomic E-state index is -0.804. The molecule has 3 rings (SSSR count). The van der Waals surface area contributed by atoms with E-state index in [2.05, 4.69) is 15.3 Å². The summed E-state index contributed by atoms with van der Waals surface area (Å²) in [5.74, 6) is 1.67. The number of alkyl carbamates (subject to hydrolysis) is 1. The van der Waals surface area contributed by atoms with Crippen molar-refractivity contribution < 1.29 is 34.0 Å². The van der Waals surface area contributed by atoms with Crippen molar-refractivity contribution in [2.45, 2.75) is 64.1 Å². The normalized spacial score (nSPS) is 18.6. The molecule has 1 fully saturated rings. The topological polar surface area (TPSA) is 163 Å². The summed E-state index contributed by atoms with van der Waals surface area (Å²) in [6, 6.07) is 0. The fourth-order valence-corrected chi connectivity index (χ4v) is 4.15. The Hall–Kier alpha value is -1.93. The molecular weight excluding hydrogens is 553 g/mol. The van der Waals surface area contributed by atoms with E-state index in [1.165, 1.54) is 6.33 Å². The van der Waals surface area contributed by atoms with Crippen molar-refractivity contribution in [2.24, 2.45) is 0 Å². The Morgan fingerprint density at radius 1 is 1.18 bits per heavy atom. The van der Waals surface area contributed by atoms with Gasteiger partial charge in [0.15, 0.2) is 0 Å². The van der Waals surface area contributed by atoms with Crippen molar-refractivity contribution in [3.05, 3.63) is 18.1 Å². The molecule has 0 radical (unpaired) electrons. The van der Waals surface area contributed by atoms with Crippen molar-refractivity contribution in [3.8, 4) is 0 Å². The molecule has 1 aliphatic rings. The first-order valence-corrected chi connectivity index (χ1v) is 14.3. The number of anilines is 1. The number of nitrogen functional groups attached to an aromatic ring is 1. The zero-order valence-corrected chi connectivity index (χ0v) is 23.9. The molecular formula is C25H41Cl2N5O7. The van der Waals surface area contributed by atoms with Crippen molar-refractivity contribution in [1.29, 1.82) is 0 Å². The highest BCUT2D eigenvalue weighted by atomic mass is 35.5. The smallest absolute Gasteiger partial charge is 0.407 e. The molecule has 12 nitrogen and oxygen atoms in total. The molecule has 1 amide bonds. The third kappa shape index (κ3) is 11.2. The van der Waals surface area contributed by atoms with E-state index in [0.717, 1.165) is 31.6 Å². The minimum absolute atomic E-state index is 0.0643.